The standard InChI is InChI=1S/C21H23N5O/c1-5-7-19(27)17-8-13(3)16(12-24-17)15-9-14-11-25-20(22)10-18(14)26(6-2)21(15)23-4/h6,8-12H,2,5,7H2,1,3-4H3,(H2,22,25). The molecular formula is C21H23N5O. The Kier molecular flexibility index (Phi) is 5.16. The summed E-state index contributed by atoms with van der Waals surface area (Å²) in [6.07, 6.45) is 6.48. The van der Waals surface area contributed by atoms with Crippen LogP contribution in [0, 0.1) is 6.92 Å². The van der Waals surface area contributed by atoms with Crippen LogP contribution in [0.2, 0.25) is 0 Å². The van der Waals surface area contributed by atoms with Gasteiger partial charge in [0.2, 0.25) is 0 Å². The Bertz CT molecular complexity index is 1110. The van der Waals surface area contributed by atoms with Gasteiger partial charge >= 0.3 is 0 Å². The highest BCUT2D eigenvalue weighted by Crippen LogP contribution is 2.25. The molecule has 0 aliphatic heterocycles. The van der Waals surface area contributed by atoms with Gasteiger partial charge in [0.05, 0.1) is 5.52 Å². The molecule has 0 amide bonds. The first-order valence-electron chi connectivity index (χ1n) is 8.86. The van der Waals surface area contributed by atoms with Gasteiger partial charge < -0.3 is 10.3 Å². The Morgan fingerprint density at radius 2 is 2.04 bits per heavy atom. The lowest BCUT2D eigenvalue weighted by molar-refractivity contribution is 0.0977. The normalized spacial score (nSPS) is 11.7. The predicted octanol–water partition coefficient (Wildman–Crippen LogP) is 3.60. The third-order valence-electron chi connectivity index (χ3n) is 4.52. The van der Waals surface area contributed by atoms with Gasteiger partial charge in [0.1, 0.15) is 17.0 Å². The number of pyridine rings is 3. The van der Waals surface area contributed by atoms with Crippen molar-refractivity contribution in [2.45, 2.75) is 26.7 Å². The monoisotopic (exact) mass is 361 g/mol. The van der Waals surface area contributed by atoms with Crippen LogP contribution in [0.15, 0.2) is 42.2 Å². The quantitative estimate of drug-likeness (QED) is 0.704. The number of fused-ring (bicyclic) bond motifs is 1. The molecule has 0 aromatic carbocycles. The molecule has 3 aromatic rings. The van der Waals surface area contributed by atoms with Gasteiger partial charge in [0.25, 0.3) is 0 Å². The summed E-state index contributed by atoms with van der Waals surface area (Å²) in [5, 5.41) is 0.914. The smallest absolute Gasteiger partial charge is 0.181 e. The Labute approximate surface area is 158 Å². The van der Waals surface area contributed by atoms with Gasteiger partial charge in [-0.2, -0.15) is 0 Å². The molecule has 0 spiro atoms. The van der Waals surface area contributed by atoms with E-state index in [-0.39, 0.29) is 5.78 Å². The minimum Gasteiger partial charge on any atom is -0.384 e. The lowest BCUT2D eigenvalue weighted by Crippen LogP contribution is -2.20. The van der Waals surface area contributed by atoms with E-state index in [1.165, 1.54) is 0 Å². The molecule has 0 aliphatic rings. The average Bonchev–Trinajstić information content (AvgIpc) is 2.66. The molecule has 3 rings (SSSR count). The Balaban J connectivity index is 2.27. The van der Waals surface area contributed by atoms with Gasteiger partial charge in [-0.05, 0) is 31.0 Å². The molecule has 3 aromatic heterocycles. The molecule has 2 N–H and O–H groups in total. The highest BCUT2D eigenvalue weighted by molar-refractivity contribution is 5.95. The SMILES string of the molecule is C=Cn1c(=NC)c(-c2cnc(C(=O)CCC)cc2C)cc2cnc(N)cc21. The Morgan fingerprint density at radius 3 is 2.67 bits per heavy atom. The van der Waals surface area contributed by atoms with E-state index in [9.17, 15) is 4.79 Å². The van der Waals surface area contributed by atoms with E-state index in [1.54, 1.807) is 31.7 Å². The van der Waals surface area contributed by atoms with E-state index in [1.807, 2.05) is 30.5 Å². The van der Waals surface area contributed by atoms with Crippen molar-refractivity contribution >= 4 is 28.7 Å². The second kappa shape index (κ2) is 7.53. The van der Waals surface area contributed by atoms with Crippen molar-refractivity contribution in [3.05, 3.63) is 53.9 Å². The molecule has 0 saturated carbocycles. The summed E-state index contributed by atoms with van der Waals surface area (Å²) in [7, 11) is 1.73. The molecule has 3 heterocycles. The molecule has 6 heteroatoms. The van der Waals surface area contributed by atoms with Gasteiger partial charge in [-0.15, -0.1) is 0 Å². The lowest BCUT2D eigenvalue weighted by Gasteiger charge is -2.14. The molecule has 27 heavy (non-hydrogen) atoms. The number of hydrogen-bond donors (Lipinski definition) is 1. The van der Waals surface area contributed by atoms with E-state index in [0.29, 0.717) is 17.9 Å². The minimum absolute atomic E-state index is 0.0619. The van der Waals surface area contributed by atoms with Gasteiger partial charge in [0.15, 0.2) is 5.78 Å². The predicted molar refractivity (Wildman–Crippen MR) is 109 cm³/mol. The van der Waals surface area contributed by atoms with Crippen molar-refractivity contribution in [2.75, 3.05) is 12.8 Å². The van der Waals surface area contributed by atoms with Crippen molar-refractivity contribution in [1.29, 1.82) is 0 Å². The lowest BCUT2D eigenvalue weighted by atomic mass is 10.0. The summed E-state index contributed by atoms with van der Waals surface area (Å²) in [5.74, 6) is 0.497. The molecule has 0 bridgehead atoms. The van der Waals surface area contributed by atoms with E-state index < -0.39 is 0 Å². The molecule has 0 fully saturated rings. The summed E-state index contributed by atoms with van der Waals surface area (Å²) >= 11 is 0. The molecule has 6 nitrogen and oxygen atoms in total. The number of carbonyl (C=O) groups is 1. The number of aryl methyl sites for hydroxylation is 1. The zero-order chi connectivity index (χ0) is 19.6. The maximum absolute atomic E-state index is 12.2. The average molecular weight is 361 g/mol. The van der Waals surface area contributed by atoms with Crippen LogP contribution in [0.25, 0.3) is 28.2 Å². The van der Waals surface area contributed by atoms with Crippen molar-refractivity contribution in [2.24, 2.45) is 4.99 Å². The number of ketones is 1. The number of nitrogen functional groups attached to an aromatic ring is 1. The summed E-state index contributed by atoms with van der Waals surface area (Å²) in [6.45, 7) is 7.88. The van der Waals surface area contributed by atoms with Crippen LogP contribution in [-0.4, -0.2) is 27.4 Å². The fraction of sp³-hybridized carbons (Fsp3) is 0.238. The Hall–Kier alpha value is -3.28. The Morgan fingerprint density at radius 1 is 1.26 bits per heavy atom. The summed E-state index contributed by atoms with van der Waals surface area (Å²) in [4.78, 5) is 25.2. The molecular weight excluding hydrogens is 338 g/mol. The highest BCUT2D eigenvalue weighted by atomic mass is 16.1. The largest absolute Gasteiger partial charge is 0.384 e. The van der Waals surface area contributed by atoms with Crippen LogP contribution >= 0.6 is 0 Å². The number of nitrogens with zero attached hydrogens (tertiary/aromatic N) is 4. The number of carbonyl (C=O) groups excluding carboxylic acids is 1. The van der Waals surface area contributed by atoms with Crippen LogP contribution in [0.5, 0.6) is 0 Å². The number of rotatable bonds is 5. The van der Waals surface area contributed by atoms with Gasteiger partial charge in [-0.1, -0.05) is 13.5 Å². The van der Waals surface area contributed by atoms with E-state index >= 15 is 0 Å². The van der Waals surface area contributed by atoms with Crippen molar-refractivity contribution < 1.29 is 4.79 Å². The van der Waals surface area contributed by atoms with Crippen LogP contribution in [-0.2, 0) is 0 Å². The zero-order valence-electron chi connectivity index (χ0n) is 15.9. The highest BCUT2D eigenvalue weighted by Gasteiger charge is 2.14. The number of anilines is 1. The number of aromatic nitrogens is 3. The third-order valence-corrected chi connectivity index (χ3v) is 4.52. The van der Waals surface area contributed by atoms with Crippen LogP contribution < -0.4 is 11.2 Å². The number of hydrogen-bond acceptors (Lipinski definition) is 5. The van der Waals surface area contributed by atoms with Crippen molar-refractivity contribution in [3.63, 3.8) is 0 Å². The summed E-state index contributed by atoms with van der Waals surface area (Å²) in [5.41, 5.74) is 10.7. The van der Waals surface area contributed by atoms with Gasteiger partial charge in [0, 0.05) is 54.6 Å². The first-order chi connectivity index (χ1) is 13.0. The van der Waals surface area contributed by atoms with Crippen LogP contribution in [0.3, 0.4) is 0 Å². The van der Waals surface area contributed by atoms with Crippen LogP contribution in [0.4, 0.5) is 5.82 Å². The van der Waals surface area contributed by atoms with Crippen LogP contribution in [0.1, 0.15) is 35.8 Å². The molecule has 138 valence electrons. The fourth-order valence-corrected chi connectivity index (χ4v) is 3.21. The molecule has 0 aliphatic carbocycles. The fourth-order valence-electron chi connectivity index (χ4n) is 3.21. The molecule has 0 radical (unpaired) electrons. The minimum atomic E-state index is 0.0619. The third kappa shape index (κ3) is 3.38. The topological polar surface area (TPSA) is 86.2 Å². The summed E-state index contributed by atoms with van der Waals surface area (Å²) < 4.78 is 1.89. The number of Topliss-reactive ketones (excluding diaryl/α,β-unsaturated/α-hetero) is 1. The van der Waals surface area contributed by atoms with E-state index in [4.69, 9.17) is 5.73 Å². The van der Waals surface area contributed by atoms with Crippen molar-refractivity contribution in [1.82, 2.24) is 14.5 Å². The first-order valence-corrected chi connectivity index (χ1v) is 8.86. The first kappa shape index (κ1) is 18.5. The maximum Gasteiger partial charge on any atom is 0.181 e. The van der Waals surface area contributed by atoms with E-state index in [0.717, 1.165) is 39.5 Å². The van der Waals surface area contributed by atoms with Crippen molar-refractivity contribution in [3.8, 4) is 11.1 Å². The zero-order valence-corrected chi connectivity index (χ0v) is 15.9. The number of nitrogens with two attached hydrogens (primary N) is 1. The van der Waals surface area contributed by atoms with Gasteiger partial charge in [-0.25, -0.2) is 4.98 Å². The second-order valence-corrected chi connectivity index (χ2v) is 6.38. The maximum atomic E-state index is 12.2. The molecule has 0 saturated heterocycles. The van der Waals surface area contributed by atoms with E-state index in [2.05, 4.69) is 21.5 Å². The molecule has 0 atom stereocenters. The molecule has 0 unspecified atom stereocenters. The summed E-state index contributed by atoms with van der Waals surface area (Å²) in [6, 6.07) is 5.66. The second-order valence-electron chi connectivity index (χ2n) is 6.38. The van der Waals surface area contributed by atoms with Gasteiger partial charge in [-0.3, -0.25) is 14.8 Å².